The Labute approximate surface area is 171 Å². The van der Waals surface area contributed by atoms with Gasteiger partial charge in [0, 0.05) is 17.4 Å². The van der Waals surface area contributed by atoms with Crippen LogP contribution in [0.4, 0.5) is 19.0 Å². The number of hydrogen-bond acceptors (Lipinski definition) is 5. The molecular weight excluding hydrogens is 395 g/mol. The number of fused-ring (bicyclic) bond motifs is 1. The van der Waals surface area contributed by atoms with E-state index in [2.05, 4.69) is 27.1 Å². The monoisotopic (exact) mass is 413 g/mol. The van der Waals surface area contributed by atoms with Gasteiger partial charge in [-0.15, -0.1) is 0 Å². The van der Waals surface area contributed by atoms with Crippen LogP contribution in [0.1, 0.15) is 24.5 Å². The third-order valence-electron chi connectivity index (χ3n) is 4.19. The van der Waals surface area contributed by atoms with Gasteiger partial charge in [-0.2, -0.15) is 13.2 Å². The van der Waals surface area contributed by atoms with Crippen LogP contribution in [0.3, 0.4) is 0 Å². The Hall–Kier alpha value is -3.60. The van der Waals surface area contributed by atoms with Crippen LogP contribution in [0, 0.1) is 11.8 Å². The summed E-state index contributed by atoms with van der Waals surface area (Å²) in [6.45, 7) is 1.83. The third kappa shape index (κ3) is 5.06. The van der Waals surface area contributed by atoms with Crippen LogP contribution in [0.15, 0.2) is 54.9 Å². The number of anilines is 1. The van der Waals surface area contributed by atoms with E-state index in [1.807, 2.05) is 12.1 Å². The summed E-state index contributed by atoms with van der Waals surface area (Å²) in [4.78, 5) is 20.7. The maximum atomic E-state index is 13.1. The fraction of sp³-hybridized carbons (Fsp3) is 0.227. The summed E-state index contributed by atoms with van der Waals surface area (Å²) in [7, 11) is 0. The van der Waals surface area contributed by atoms with Gasteiger partial charge >= 0.3 is 12.1 Å². The normalized spacial score (nSPS) is 12.0. The zero-order chi connectivity index (χ0) is 21.6. The van der Waals surface area contributed by atoms with Crippen molar-refractivity contribution in [1.29, 1.82) is 0 Å². The minimum atomic E-state index is -4.51. The molecule has 0 radical (unpaired) electrons. The number of hydrogen-bond donors (Lipinski definition) is 1. The number of halogens is 3. The molecule has 154 valence electrons. The average Bonchev–Trinajstić information content (AvgIpc) is 2.73. The molecule has 2 aromatic carbocycles. The molecule has 30 heavy (non-hydrogen) atoms. The number of carbonyl (C=O) groups is 1. The molecule has 0 spiro atoms. The minimum Gasteiger partial charge on any atom is -0.464 e. The molecule has 0 bridgehead atoms. The number of esters is 1. The Morgan fingerprint density at radius 3 is 2.63 bits per heavy atom. The van der Waals surface area contributed by atoms with Crippen molar-refractivity contribution in [3.8, 4) is 11.8 Å². The summed E-state index contributed by atoms with van der Waals surface area (Å²) in [5, 5.41) is 3.69. The van der Waals surface area contributed by atoms with Crippen LogP contribution in [-0.2, 0) is 15.7 Å². The highest BCUT2D eigenvalue weighted by atomic mass is 19.4. The Morgan fingerprint density at radius 2 is 1.87 bits per heavy atom. The predicted octanol–water partition coefficient (Wildman–Crippen LogP) is 4.43. The topological polar surface area (TPSA) is 64.1 Å². The van der Waals surface area contributed by atoms with Gasteiger partial charge in [0.1, 0.15) is 18.2 Å². The second-order valence-corrected chi connectivity index (χ2v) is 6.24. The van der Waals surface area contributed by atoms with Crippen molar-refractivity contribution in [2.24, 2.45) is 0 Å². The van der Waals surface area contributed by atoms with Crippen molar-refractivity contribution in [2.75, 3.05) is 11.9 Å². The lowest BCUT2D eigenvalue weighted by atomic mass is 10.1. The van der Waals surface area contributed by atoms with Crippen molar-refractivity contribution < 1.29 is 22.7 Å². The number of para-hydroxylation sites is 1. The second kappa shape index (κ2) is 9.27. The van der Waals surface area contributed by atoms with Crippen LogP contribution < -0.4 is 5.32 Å². The molecular formula is C22H18F3N3O2. The van der Waals surface area contributed by atoms with Crippen LogP contribution in [-0.4, -0.2) is 28.6 Å². The number of nitrogens with zero attached hydrogens (tertiary/aromatic N) is 2. The van der Waals surface area contributed by atoms with Gasteiger partial charge in [0.05, 0.1) is 17.7 Å². The first-order valence-corrected chi connectivity index (χ1v) is 9.18. The van der Waals surface area contributed by atoms with Crippen molar-refractivity contribution >= 4 is 22.7 Å². The third-order valence-corrected chi connectivity index (χ3v) is 4.19. The lowest BCUT2D eigenvalue weighted by molar-refractivity contribution is -0.144. The SMILES string of the molecule is CCOC(=O)C(CC#Cc1ccccc1C(F)(F)F)Nc1ncnc2ccccc12. The maximum Gasteiger partial charge on any atom is 0.417 e. The van der Waals surface area contributed by atoms with Crippen LogP contribution in [0.5, 0.6) is 0 Å². The molecule has 0 amide bonds. The van der Waals surface area contributed by atoms with E-state index in [-0.39, 0.29) is 18.6 Å². The van der Waals surface area contributed by atoms with Crippen molar-refractivity contribution in [3.63, 3.8) is 0 Å². The van der Waals surface area contributed by atoms with E-state index in [4.69, 9.17) is 4.74 Å². The fourth-order valence-corrected chi connectivity index (χ4v) is 2.81. The van der Waals surface area contributed by atoms with Gasteiger partial charge in [0.2, 0.25) is 0 Å². The largest absolute Gasteiger partial charge is 0.464 e. The summed E-state index contributed by atoms with van der Waals surface area (Å²) in [5.74, 6) is 5.03. The Kier molecular flexibility index (Phi) is 6.52. The van der Waals surface area contributed by atoms with Gasteiger partial charge in [-0.25, -0.2) is 14.8 Å². The summed E-state index contributed by atoms with van der Waals surface area (Å²) in [6.07, 6.45) is -3.22. The summed E-state index contributed by atoms with van der Waals surface area (Å²) in [5.41, 5.74) is -0.289. The standard InChI is InChI=1S/C22H18F3N3O2/c1-2-30-21(29)19(28-20-16-10-4-6-12-18(16)26-14-27-20)13-7-9-15-8-3-5-11-17(15)22(23,24)25/h3-6,8,10-12,14,19H,2,13H2,1H3,(H,26,27,28). The number of aromatic nitrogens is 2. The van der Waals surface area contributed by atoms with Crippen LogP contribution >= 0.6 is 0 Å². The zero-order valence-electron chi connectivity index (χ0n) is 16.0. The molecule has 5 nitrogen and oxygen atoms in total. The molecule has 1 N–H and O–H groups in total. The smallest absolute Gasteiger partial charge is 0.417 e. The Balaban J connectivity index is 1.87. The molecule has 0 aliphatic rings. The zero-order valence-corrected chi connectivity index (χ0v) is 16.0. The highest BCUT2D eigenvalue weighted by Gasteiger charge is 2.32. The molecule has 0 aliphatic heterocycles. The summed E-state index contributed by atoms with van der Waals surface area (Å²) < 4.78 is 44.5. The van der Waals surface area contributed by atoms with Gasteiger partial charge in [0.25, 0.3) is 0 Å². The van der Waals surface area contributed by atoms with E-state index in [0.29, 0.717) is 16.7 Å². The predicted molar refractivity (Wildman–Crippen MR) is 107 cm³/mol. The number of benzene rings is 2. The lowest BCUT2D eigenvalue weighted by Gasteiger charge is -2.16. The lowest BCUT2D eigenvalue weighted by Crippen LogP contribution is -2.31. The Morgan fingerprint density at radius 1 is 1.13 bits per heavy atom. The number of alkyl halides is 3. The Bertz CT molecular complexity index is 1100. The van der Waals surface area contributed by atoms with Gasteiger partial charge in [0.15, 0.2) is 0 Å². The molecule has 3 aromatic rings. The van der Waals surface area contributed by atoms with E-state index >= 15 is 0 Å². The van der Waals surface area contributed by atoms with Gasteiger partial charge in [-0.1, -0.05) is 36.1 Å². The minimum absolute atomic E-state index is 0.0661. The summed E-state index contributed by atoms with van der Waals surface area (Å²) in [6, 6.07) is 11.4. The van der Waals surface area contributed by atoms with E-state index < -0.39 is 23.8 Å². The molecule has 0 saturated heterocycles. The fourth-order valence-electron chi connectivity index (χ4n) is 2.81. The molecule has 0 saturated carbocycles. The number of nitrogens with one attached hydrogen (secondary N) is 1. The first kappa shape index (κ1) is 21.1. The molecule has 1 atom stereocenters. The van der Waals surface area contributed by atoms with Crippen LogP contribution in [0.2, 0.25) is 0 Å². The molecule has 0 aliphatic carbocycles. The first-order valence-electron chi connectivity index (χ1n) is 9.18. The highest BCUT2D eigenvalue weighted by molar-refractivity contribution is 5.91. The number of carbonyl (C=O) groups excluding carboxylic acids is 1. The highest BCUT2D eigenvalue weighted by Crippen LogP contribution is 2.31. The van der Waals surface area contributed by atoms with Crippen molar-refractivity contribution in [3.05, 3.63) is 66.0 Å². The van der Waals surface area contributed by atoms with Gasteiger partial charge in [-0.05, 0) is 31.2 Å². The van der Waals surface area contributed by atoms with Crippen molar-refractivity contribution in [1.82, 2.24) is 9.97 Å². The number of rotatable bonds is 5. The van der Waals surface area contributed by atoms with Crippen LogP contribution in [0.25, 0.3) is 10.9 Å². The van der Waals surface area contributed by atoms with E-state index in [0.717, 1.165) is 6.07 Å². The second-order valence-electron chi connectivity index (χ2n) is 6.24. The van der Waals surface area contributed by atoms with Crippen molar-refractivity contribution in [2.45, 2.75) is 25.6 Å². The quantitative estimate of drug-likeness (QED) is 0.495. The molecule has 8 heteroatoms. The van der Waals surface area contributed by atoms with E-state index in [1.54, 1.807) is 19.1 Å². The van der Waals surface area contributed by atoms with Gasteiger partial charge in [-0.3, -0.25) is 0 Å². The molecule has 1 aromatic heterocycles. The van der Waals surface area contributed by atoms with E-state index in [1.165, 1.54) is 24.5 Å². The number of ether oxygens (including phenoxy) is 1. The molecule has 0 fully saturated rings. The molecule has 1 unspecified atom stereocenters. The van der Waals surface area contributed by atoms with E-state index in [9.17, 15) is 18.0 Å². The average molecular weight is 413 g/mol. The van der Waals surface area contributed by atoms with Gasteiger partial charge < -0.3 is 10.1 Å². The first-order chi connectivity index (χ1) is 14.4. The maximum absolute atomic E-state index is 13.1. The molecule has 3 rings (SSSR count). The summed E-state index contributed by atoms with van der Waals surface area (Å²) >= 11 is 0. The molecule has 1 heterocycles.